The first-order valence-electron chi connectivity index (χ1n) is 4.77. The predicted molar refractivity (Wildman–Crippen MR) is 58.2 cm³/mol. The average molecular weight is 219 g/mol. The van der Waals surface area contributed by atoms with Crippen LogP contribution >= 0.6 is 0 Å². The van der Waals surface area contributed by atoms with E-state index in [4.69, 9.17) is 11.0 Å². The van der Waals surface area contributed by atoms with Gasteiger partial charge in [-0.25, -0.2) is 4.98 Å². The number of rotatable bonds is 3. The minimum Gasteiger partial charge on any atom is -0.382 e. The second-order valence-corrected chi connectivity index (χ2v) is 3.55. The fraction of sp³-hybridized carbons (Fsp3) is 0.400. The molecule has 0 fully saturated rings. The third kappa shape index (κ3) is 2.92. The Hall–Kier alpha value is -2.16. The van der Waals surface area contributed by atoms with E-state index in [1.54, 1.807) is 14.0 Å². The van der Waals surface area contributed by atoms with Crippen LogP contribution in [0.3, 0.4) is 0 Å². The van der Waals surface area contributed by atoms with Crippen LogP contribution in [0, 0.1) is 17.2 Å². The Kier molecular flexibility index (Phi) is 3.78. The third-order valence-corrected chi connectivity index (χ3v) is 1.99. The molecular weight excluding hydrogens is 206 g/mol. The molecule has 16 heavy (non-hydrogen) atoms. The average Bonchev–Trinajstić information content (AvgIpc) is 2.27. The minimum atomic E-state index is -0.290. The van der Waals surface area contributed by atoms with E-state index in [1.807, 2.05) is 0 Å². The smallest absolute Gasteiger partial charge is 0.273 e. The van der Waals surface area contributed by atoms with Gasteiger partial charge in [-0.3, -0.25) is 9.78 Å². The van der Waals surface area contributed by atoms with Crippen molar-refractivity contribution in [2.75, 3.05) is 19.3 Å². The number of hydrogen-bond donors (Lipinski definition) is 1. The van der Waals surface area contributed by atoms with Gasteiger partial charge in [0.1, 0.15) is 11.5 Å². The third-order valence-electron chi connectivity index (χ3n) is 1.99. The maximum absolute atomic E-state index is 11.8. The second kappa shape index (κ2) is 5.07. The molecule has 0 bridgehead atoms. The van der Waals surface area contributed by atoms with Crippen molar-refractivity contribution < 1.29 is 4.79 Å². The Morgan fingerprint density at radius 1 is 1.69 bits per heavy atom. The van der Waals surface area contributed by atoms with Gasteiger partial charge >= 0.3 is 0 Å². The zero-order valence-corrected chi connectivity index (χ0v) is 9.21. The SMILES string of the molecule is CC(C#N)CN(C)C(=O)c1cncc(N)n1. The van der Waals surface area contributed by atoms with Gasteiger partial charge in [0.15, 0.2) is 0 Å². The molecule has 84 valence electrons. The highest BCUT2D eigenvalue weighted by molar-refractivity contribution is 5.92. The molecule has 1 amide bonds. The molecule has 1 aromatic heterocycles. The Morgan fingerprint density at radius 3 is 2.94 bits per heavy atom. The standard InChI is InChI=1S/C10H13N5O/c1-7(3-11)6-15(2)10(16)8-4-13-5-9(12)14-8/h4-5,7H,6H2,1-2H3,(H2,12,14). The molecule has 0 saturated heterocycles. The first kappa shape index (κ1) is 11.9. The summed E-state index contributed by atoms with van der Waals surface area (Å²) in [5, 5.41) is 8.64. The quantitative estimate of drug-likeness (QED) is 0.788. The topological polar surface area (TPSA) is 95.9 Å². The molecule has 0 saturated carbocycles. The molecule has 0 spiro atoms. The minimum absolute atomic E-state index is 0.188. The van der Waals surface area contributed by atoms with Gasteiger partial charge < -0.3 is 10.6 Å². The van der Waals surface area contributed by atoms with Crippen LogP contribution in [0.1, 0.15) is 17.4 Å². The fourth-order valence-corrected chi connectivity index (χ4v) is 1.21. The van der Waals surface area contributed by atoms with E-state index in [9.17, 15) is 4.79 Å². The molecule has 0 aromatic carbocycles. The van der Waals surface area contributed by atoms with Crippen molar-refractivity contribution in [1.29, 1.82) is 5.26 Å². The Balaban J connectivity index is 2.75. The van der Waals surface area contributed by atoms with E-state index >= 15 is 0 Å². The van der Waals surface area contributed by atoms with Crippen molar-refractivity contribution in [3.8, 4) is 6.07 Å². The van der Waals surface area contributed by atoms with Crippen LogP contribution in [0.25, 0.3) is 0 Å². The highest BCUT2D eigenvalue weighted by atomic mass is 16.2. The second-order valence-electron chi connectivity index (χ2n) is 3.55. The summed E-state index contributed by atoms with van der Waals surface area (Å²) in [6.07, 6.45) is 2.72. The largest absolute Gasteiger partial charge is 0.382 e. The molecule has 6 heteroatoms. The molecule has 0 aliphatic heterocycles. The van der Waals surface area contributed by atoms with Crippen LogP contribution in [0.4, 0.5) is 5.82 Å². The van der Waals surface area contributed by atoms with E-state index in [-0.39, 0.29) is 23.3 Å². The number of carbonyl (C=O) groups excluding carboxylic acids is 1. The maximum atomic E-state index is 11.8. The number of nitrogens with zero attached hydrogens (tertiary/aromatic N) is 4. The van der Waals surface area contributed by atoms with Gasteiger partial charge in [0.05, 0.1) is 24.4 Å². The first-order chi connectivity index (χ1) is 7.54. The molecule has 0 aliphatic rings. The summed E-state index contributed by atoms with van der Waals surface area (Å²) < 4.78 is 0. The van der Waals surface area contributed by atoms with Crippen LogP contribution in [0.5, 0.6) is 0 Å². The molecule has 2 N–H and O–H groups in total. The highest BCUT2D eigenvalue weighted by Crippen LogP contribution is 2.04. The number of anilines is 1. The van der Waals surface area contributed by atoms with Gasteiger partial charge in [-0.15, -0.1) is 0 Å². The predicted octanol–water partition coefficient (Wildman–Crippen LogP) is 0.290. The highest BCUT2D eigenvalue weighted by Gasteiger charge is 2.15. The number of carbonyl (C=O) groups is 1. The number of nitriles is 1. The lowest BCUT2D eigenvalue weighted by Crippen LogP contribution is -2.31. The zero-order chi connectivity index (χ0) is 12.1. The summed E-state index contributed by atoms with van der Waals surface area (Å²) in [5.41, 5.74) is 5.61. The van der Waals surface area contributed by atoms with E-state index in [0.717, 1.165) is 0 Å². The molecule has 1 heterocycles. The number of amides is 1. The first-order valence-corrected chi connectivity index (χ1v) is 4.77. The van der Waals surface area contributed by atoms with Crippen molar-refractivity contribution in [3.05, 3.63) is 18.1 Å². The molecule has 6 nitrogen and oxygen atoms in total. The van der Waals surface area contributed by atoms with Crippen LogP contribution in [0.15, 0.2) is 12.4 Å². The van der Waals surface area contributed by atoms with Crippen LogP contribution in [-0.4, -0.2) is 34.4 Å². The number of aromatic nitrogens is 2. The van der Waals surface area contributed by atoms with E-state index in [1.165, 1.54) is 17.3 Å². The summed E-state index contributed by atoms with van der Waals surface area (Å²) >= 11 is 0. The lowest BCUT2D eigenvalue weighted by atomic mass is 10.2. The normalized spacial score (nSPS) is 11.6. The van der Waals surface area contributed by atoms with E-state index in [2.05, 4.69) is 16.0 Å². The van der Waals surface area contributed by atoms with Crippen molar-refractivity contribution in [2.45, 2.75) is 6.92 Å². The van der Waals surface area contributed by atoms with Gasteiger partial charge in [0.25, 0.3) is 5.91 Å². The maximum Gasteiger partial charge on any atom is 0.273 e. The summed E-state index contributed by atoms with van der Waals surface area (Å²) in [6, 6.07) is 2.06. The van der Waals surface area contributed by atoms with Gasteiger partial charge in [0.2, 0.25) is 0 Å². The molecular formula is C10H13N5O. The summed E-state index contributed by atoms with van der Waals surface area (Å²) in [5.74, 6) is -0.308. The van der Waals surface area contributed by atoms with Gasteiger partial charge in [-0.2, -0.15) is 5.26 Å². The Bertz CT molecular complexity index is 425. The molecule has 1 aromatic rings. The Labute approximate surface area is 93.7 Å². The fourth-order valence-electron chi connectivity index (χ4n) is 1.21. The Morgan fingerprint density at radius 2 is 2.38 bits per heavy atom. The summed E-state index contributed by atoms with van der Waals surface area (Å²) in [7, 11) is 1.61. The molecule has 1 unspecified atom stereocenters. The van der Waals surface area contributed by atoms with Gasteiger partial charge in [-0.05, 0) is 6.92 Å². The van der Waals surface area contributed by atoms with E-state index in [0.29, 0.717) is 6.54 Å². The van der Waals surface area contributed by atoms with Crippen molar-refractivity contribution >= 4 is 11.7 Å². The lowest BCUT2D eigenvalue weighted by molar-refractivity contribution is 0.0779. The number of hydrogen-bond acceptors (Lipinski definition) is 5. The van der Waals surface area contributed by atoms with E-state index < -0.39 is 0 Å². The van der Waals surface area contributed by atoms with Crippen LogP contribution in [-0.2, 0) is 0 Å². The summed E-state index contributed by atoms with van der Waals surface area (Å²) in [4.78, 5) is 20.9. The van der Waals surface area contributed by atoms with Gasteiger partial charge in [0, 0.05) is 13.6 Å². The van der Waals surface area contributed by atoms with Gasteiger partial charge in [-0.1, -0.05) is 0 Å². The molecule has 0 radical (unpaired) electrons. The molecule has 1 rings (SSSR count). The lowest BCUT2D eigenvalue weighted by Gasteiger charge is -2.17. The number of nitrogens with two attached hydrogens (primary N) is 1. The summed E-state index contributed by atoms with van der Waals surface area (Å²) in [6.45, 7) is 2.10. The number of nitrogen functional groups attached to an aromatic ring is 1. The molecule has 0 aliphatic carbocycles. The van der Waals surface area contributed by atoms with Crippen LogP contribution in [0.2, 0.25) is 0 Å². The zero-order valence-electron chi connectivity index (χ0n) is 9.21. The van der Waals surface area contributed by atoms with Crippen molar-refractivity contribution in [1.82, 2.24) is 14.9 Å². The monoisotopic (exact) mass is 219 g/mol. The van der Waals surface area contributed by atoms with Crippen molar-refractivity contribution in [2.24, 2.45) is 5.92 Å². The molecule has 1 atom stereocenters. The van der Waals surface area contributed by atoms with Crippen LogP contribution < -0.4 is 5.73 Å². The van der Waals surface area contributed by atoms with Crippen molar-refractivity contribution in [3.63, 3.8) is 0 Å².